The number of carbonyl (C=O) groups is 2. The number of aromatic nitrogens is 1. The van der Waals surface area contributed by atoms with E-state index in [9.17, 15) is 22.8 Å². The van der Waals surface area contributed by atoms with E-state index in [0.717, 1.165) is 16.7 Å². The summed E-state index contributed by atoms with van der Waals surface area (Å²) in [5.74, 6) is -1.05. The van der Waals surface area contributed by atoms with Gasteiger partial charge in [-0.1, -0.05) is 19.1 Å². The maximum atomic E-state index is 12.6. The monoisotopic (exact) mass is 387 g/mol. The number of benzene rings is 1. The molecule has 1 heterocycles. The number of nitrogens with one attached hydrogen (secondary N) is 2. The zero-order valence-corrected chi connectivity index (χ0v) is 14.4. The van der Waals surface area contributed by atoms with Gasteiger partial charge >= 0.3 is 18.2 Å². The summed E-state index contributed by atoms with van der Waals surface area (Å²) in [4.78, 5) is 26.3. The fraction of sp³-hybridized carbons (Fsp3) is 0.312. The lowest BCUT2D eigenvalue weighted by Gasteiger charge is -2.15. The van der Waals surface area contributed by atoms with Crippen LogP contribution in [0.3, 0.4) is 0 Å². The summed E-state index contributed by atoms with van der Waals surface area (Å²) in [5, 5.41) is 15.1. The van der Waals surface area contributed by atoms with Gasteiger partial charge in [0.05, 0.1) is 11.6 Å². The van der Waals surface area contributed by atoms with Crippen LogP contribution >= 0.6 is 11.3 Å². The zero-order valence-electron chi connectivity index (χ0n) is 13.6. The van der Waals surface area contributed by atoms with Crippen molar-refractivity contribution in [3.05, 3.63) is 51.5 Å². The molecule has 140 valence electrons. The average Bonchev–Trinajstić information content (AvgIpc) is 3.08. The average molecular weight is 387 g/mol. The Kier molecular flexibility index (Phi) is 6.19. The Morgan fingerprint density at radius 3 is 2.42 bits per heavy atom. The summed E-state index contributed by atoms with van der Waals surface area (Å²) in [6, 6.07) is 4.78. The molecule has 0 aliphatic rings. The molecular formula is C16H16F3N3O3S. The summed E-state index contributed by atoms with van der Waals surface area (Å²) < 4.78 is 37.9. The van der Waals surface area contributed by atoms with Crippen molar-refractivity contribution in [2.45, 2.75) is 32.1 Å². The molecule has 1 aromatic heterocycles. The third-order valence-electron chi connectivity index (χ3n) is 3.48. The van der Waals surface area contributed by atoms with Crippen LogP contribution in [0.5, 0.6) is 0 Å². The largest absolute Gasteiger partial charge is 0.478 e. The minimum atomic E-state index is -4.52. The molecule has 10 heteroatoms. The number of carboxylic acid groups (broad SMARTS) is 1. The van der Waals surface area contributed by atoms with E-state index < -0.39 is 29.9 Å². The molecule has 0 aliphatic heterocycles. The van der Waals surface area contributed by atoms with Gasteiger partial charge in [0.2, 0.25) is 0 Å². The zero-order chi connectivity index (χ0) is 19.3. The van der Waals surface area contributed by atoms with Crippen molar-refractivity contribution in [1.82, 2.24) is 15.6 Å². The van der Waals surface area contributed by atoms with E-state index in [0.29, 0.717) is 12.0 Å². The lowest BCUT2D eigenvalue weighted by Crippen LogP contribution is -2.37. The van der Waals surface area contributed by atoms with Gasteiger partial charge in [0.1, 0.15) is 5.01 Å². The standard InChI is InChI=1S/C16H16F3N3O3S/c1-2-11(13-22-12(8-26-13)16(17,18)19)21-15(25)20-7-9-3-5-10(6-4-9)14(23)24/h3-6,8,11H,2,7H2,1H3,(H,23,24)(H2,20,21,25). The predicted octanol–water partition coefficient (Wildman–Crippen LogP) is 3.81. The lowest BCUT2D eigenvalue weighted by atomic mass is 10.1. The molecule has 0 saturated heterocycles. The number of carboxylic acids is 1. The molecule has 2 amide bonds. The van der Waals surface area contributed by atoms with Gasteiger partial charge in [0.25, 0.3) is 0 Å². The molecule has 1 unspecified atom stereocenters. The van der Waals surface area contributed by atoms with E-state index >= 15 is 0 Å². The first-order chi connectivity index (χ1) is 12.2. The molecule has 2 aromatic rings. The fourth-order valence-corrected chi connectivity index (χ4v) is 3.03. The van der Waals surface area contributed by atoms with Gasteiger partial charge in [0, 0.05) is 11.9 Å². The van der Waals surface area contributed by atoms with Gasteiger partial charge in [-0.05, 0) is 24.1 Å². The Labute approximate surface area is 151 Å². The molecule has 0 saturated carbocycles. The summed E-state index contributed by atoms with van der Waals surface area (Å²) in [6.45, 7) is 1.87. The molecule has 26 heavy (non-hydrogen) atoms. The van der Waals surface area contributed by atoms with Crippen LogP contribution in [0.25, 0.3) is 0 Å². The smallest absolute Gasteiger partial charge is 0.434 e. The first-order valence-corrected chi connectivity index (χ1v) is 8.48. The predicted molar refractivity (Wildman–Crippen MR) is 88.9 cm³/mol. The molecule has 0 fully saturated rings. The van der Waals surface area contributed by atoms with E-state index in [1.54, 1.807) is 19.1 Å². The molecule has 0 radical (unpaired) electrons. The van der Waals surface area contributed by atoms with Crippen molar-refractivity contribution in [2.75, 3.05) is 0 Å². The molecule has 2 rings (SSSR count). The molecule has 3 N–H and O–H groups in total. The minimum Gasteiger partial charge on any atom is -0.478 e. The molecule has 1 aromatic carbocycles. The third-order valence-corrected chi connectivity index (χ3v) is 4.44. The van der Waals surface area contributed by atoms with E-state index in [4.69, 9.17) is 5.11 Å². The number of amides is 2. The molecule has 6 nitrogen and oxygen atoms in total. The van der Waals surface area contributed by atoms with Crippen LogP contribution in [-0.4, -0.2) is 22.1 Å². The Hall–Kier alpha value is -2.62. The fourth-order valence-electron chi connectivity index (χ4n) is 2.07. The van der Waals surface area contributed by atoms with E-state index in [1.807, 2.05) is 0 Å². The van der Waals surface area contributed by atoms with Crippen molar-refractivity contribution < 1.29 is 27.9 Å². The van der Waals surface area contributed by atoms with Crippen LogP contribution in [0, 0.1) is 0 Å². The van der Waals surface area contributed by atoms with Crippen LogP contribution in [-0.2, 0) is 12.7 Å². The number of urea groups is 1. The molecule has 0 aliphatic carbocycles. The van der Waals surface area contributed by atoms with E-state index in [2.05, 4.69) is 15.6 Å². The van der Waals surface area contributed by atoms with Crippen LogP contribution in [0.4, 0.5) is 18.0 Å². The number of aromatic carboxylic acids is 1. The first-order valence-electron chi connectivity index (χ1n) is 7.60. The van der Waals surface area contributed by atoms with Crippen molar-refractivity contribution in [2.24, 2.45) is 0 Å². The maximum Gasteiger partial charge on any atom is 0.434 e. The highest BCUT2D eigenvalue weighted by Gasteiger charge is 2.34. The van der Waals surface area contributed by atoms with Crippen molar-refractivity contribution >= 4 is 23.3 Å². The summed E-state index contributed by atoms with van der Waals surface area (Å²) in [6.07, 6.45) is -4.14. The molecule has 0 bridgehead atoms. The summed E-state index contributed by atoms with van der Waals surface area (Å²) >= 11 is 0.841. The number of hydrogen-bond donors (Lipinski definition) is 3. The van der Waals surface area contributed by atoms with Gasteiger partial charge < -0.3 is 15.7 Å². The van der Waals surface area contributed by atoms with Crippen molar-refractivity contribution in [3.63, 3.8) is 0 Å². The Balaban J connectivity index is 1.92. The van der Waals surface area contributed by atoms with Crippen LogP contribution < -0.4 is 10.6 Å². The van der Waals surface area contributed by atoms with Crippen molar-refractivity contribution in [1.29, 1.82) is 0 Å². The summed E-state index contributed by atoms with van der Waals surface area (Å²) in [7, 11) is 0. The highest BCUT2D eigenvalue weighted by Crippen LogP contribution is 2.32. The molecule has 1 atom stereocenters. The van der Waals surface area contributed by atoms with Crippen LogP contribution in [0.1, 0.15) is 46.0 Å². The number of hydrogen-bond acceptors (Lipinski definition) is 4. The molecule has 0 spiro atoms. The minimum absolute atomic E-state index is 0.133. The quantitative estimate of drug-likeness (QED) is 0.703. The summed E-state index contributed by atoms with van der Waals surface area (Å²) in [5.41, 5.74) is -0.156. The highest BCUT2D eigenvalue weighted by molar-refractivity contribution is 7.09. The number of thiazole rings is 1. The highest BCUT2D eigenvalue weighted by atomic mass is 32.1. The number of halogens is 3. The van der Waals surface area contributed by atoms with Gasteiger partial charge in [-0.15, -0.1) is 11.3 Å². The van der Waals surface area contributed by atoms with Gasteiger partial charge in [-0.2, -0.15) is 13.2 Å². The van der Waals surface area contributed by atoms with Gasteiger partial charge in [-0.3, -0.25) is 0 Å². The molecular weight excluding hydrogens is 371 g/mol. The number of nitrogens with zero attached hydrogens (tertiary/aromatic N) is 1. The normalized spacial score (nSPS) is 12.5. The maximum absolute atomic E-state index is 12.6. The van der Waals surface area contributed by atoms with E-state index in [-0.39, 0.29) is 17.1 Å². The topological polar surface area (TPSA) is 91.3 Å². The lowest BCUT2D eigenvalue weighted by molar-refractivity contribution is -0.140. The Morgan fingerprint density at radius 2 is 1.92 bits per heavy atom. The SMILES string of the molecule is CCC(NC(=O)NCc1ccc(C(=O)O)cc1)c1nc(C(F)(F)F)cs1. The first kappa shape index (κ1) is 19.7. The Bertz CT molecular complexity index is 775. The second kappa shape index (κ2) is 8.17. The van der Waals surface area contributed by atoms with Crippen LogP contribution in [0.2, 0.25) is 0 Å². The Morgan fingerprint density at radius 1 is 1.27 bits per heavy atom. The van der Waals surface area contributed by atoms with Gasteiger partial charge in [-0.25, -0.2) is 14.6 Å². The number of rotatable bonds is 6. The number of alkyl halides is 3. The second-order valence-corrected chi connectivity index (χ2v) is 6.25. The second-order valence-electron chi connectivity index (χ2n) is 5.36. The van der Waals surface area contributed by atoms with Gasteiger partial charge in [0.15, 0.2) is 5.69 Å². The van der Waals surface area contributed by atoms with E-state index in [1.165, 1.54) is 12.1 Å². The van der Waals surface area contributed by atoms with Crippen molar-refractivity contribution in [3.8, 4) is 0 Å². The third kappa shape index (κ3) is 5.19. The van der Waals surface area contributed by atoms with Crippen LogP contribution in [0.15, 0.2) is 29.6 Å². The number of carbonyl (C=O) groups excluding carboxylic acids is 1.